The first-order valence-electron chi connectivity index (χ1n) is 9.65. The highest BCUT2D eigenvalue weighted by Gasteiger charge is 2.55. The third-order valence-corrected chi connectivity index (χ3v) is 6.08. The summed E-state index contributed by atoms with van der Waals surface area (Å²) in [5.74, 6) is 0.753. The second-order valence-electron chi connectivity index (χ2n) is 8.09. The fourth-order valence-corrected chi connectivity index (χ4v) is 4.87. The Kier molecular flexibility index (Phi) is 4.24. The van der Waals surface area contributed by atoms with Gasteiger partial charge in [-0.3, -0.25) is 0 Å². The molecule has 29 heavy (non-hydrogen) atoms. The zero-order valence-corrected chi connectivity index (χ0v) is 17.3. The van der Waals surface area contributed by atoms with Crippen LogP contribution in [0.15, 0.2) is 36.5 Å². The molecule has 2 aliphatic rings. The van der Waals surface area contributed by atoms with Crippen LogP contribution in [0.3, 0.4) is 0 Å². The Labute approximate surface area is 173 Å². The lowest BCUT2D eigenvalue weighted by Crippen LogP contribution is -2.27. The third kappa shape index (κ3) is 3.04. The number of methoxy groups -OCH3 is 1. The predicted octanol–water partition coefficient (Wildman–Crippen LogP) is 3.92. The third-order valence-electron chi connectivity index (χ3n) is 5.91. The van der Waals surface area contributed by atoms with Gasteiger partial charge >= 0.3 is 0 Å². The van der Waals surface area contributed by atoms with Crippen LogP contribution in [0.2, 0.25) is 5.28 Å². The second kappa shape index (κ2) is 6.58. The van der Waals surface area contributed by atoms with E-state index in [0.29, 0.717) is 5.82 Å². The molecule has 1 aliphatic carbocycles. The van der Waals surface area contributed by atoms with E-state index in [2.05, 4.69) is 26.7 Å². The molecule has 7 nitrogen and oxygen atoms in total. The maximum absolute atomic E-state index is 6.34. The quantitative estimate of drug-likeness (QED) is 0.654. The van der Waals surface area contributed by atoms with E-state index in [1.165, 1.54) is 5.56 Å². The number of nitrogen functional groups attached to an aromatic ring is 1. The predicted molar refractivity (Wildman–Crippen MR) is 110 cm³/mol. The number of benzene rings is 1. The van der Waals surface area contributed by atoms with Crippen molar-refractivity contribution in [1.29, 1.82) is 0 Å². The Bertz CT molecular complexity index is 1070. The molecule has 2 aromatic heterocycles. The summed E-state index contributed by atoms with van der Waals surface area (Å²) in [5.41, 5.74) is 7.97. The number of fused-ring (bicyclic) bond motifs is 2. The van der Waals surface area contributed by atoms with E-state index in [1.54, 1.807) is 7.11 Å². The molecule has 0 unspecified atom stereocenters. The van der Waals surface area contributed by atoms with Gasteiger partial charge in [-0.15, -0.1) is 0 Å². The van der Waals surface area contributed by atoms with Gasteiger partial charge in [0.15, 0.2) is 5.79 Å². The number of anilines is 1. The largest absolute Gasteiger partial charge is 0.497 e. The average Bonchev–Trinajstić information content (AvgIpc) is 3.32. The Balaban J connectivity index is 1.57. The summed E-state index contributed by atoms with van der Waals surface area (Å²) in [6.45, 7) is 3.91. The van der Waals surface area contributed by atoms with Crippen LogP contribution in [-0.2, 0) is 9.47 Å². The number of nitrogens with two attached hydrogens (primary N) is 1. The minimum absolute atomic E-state index is 0.0387. The van der Waals surface area contributed by atoms with Gasteiger partial charge in [-0.05, 0) is 55.6 Å². The van der Waals surface area contributed by atoms with Crippen LogP contribution in [-0.4, -0.2) is 39.6 Å². The molecule has 0 spiro atoms. The van der Waals surface area contributed by atoms with Gasteiger partial charge in [0.25, 0.3) is 0 Å². The Morgan fingerprint density at radius 2 is 1.86 bits per heavy atom. The molecule has 152 valence electrons. The average molecular weight is 415 g/mol. The van der Waals surface area contributed by atoms with Gasteiger partial charge < -0.3 is 24.5 Å². The Hall–Kier alpha value is -2.35. The number of nitrogens with zero attached hydrogens (tertiary/aromatic N) is 3. The second-order valence-corrected chi connectivity index (χ2v) is 8.42. The smallest absolute Gasteiger partial charge is 0.226 e. The Morgan fingerprint density at radius 1 is 1.14 bits per heavy atom. The van der Waals surface area contributed by atoms with E-state index < -0.39 is 5.79 Å². The normalized spacial score (nSPS) is 28.0. The van der Waals surface area contributed by atoms with Gasteiger partial charge in [-0.25, -0.2) is 4.98 Å². The summed E-state index contributed by atoms with van der Waals surface area (Å²) in [4.78, 5) is 8.50. The molecule has 2 fully saturated rings. The van der Waals surface area contributed by atoms with E-state index in [0.717, 1.165) is 23.2 Å². The van der Waals surface area contributed by atoms with Crippen molar-refractivity contribution in [2.45, 2.75) is 50.2 Å². The maximum atomic E-state index is 6.34. The fraction of sp³-hybridized carbons (Fsp3) is 0.429. The number of aromatic nitrogens is 3. The van der Waals surface area contributed by atoms with Crippen molar-refractivity contribution in [3.63, 3.8) is 0 Å². The molecule has 1 saturated carbocycles. The SMILES string of the molecule is COc1ccc([C@H]2C[C@@H](n3ccc4c(N)nc(Cl)nc43)[C@@H]3OC(C)(C)O[C@@H]32)cc1. The summed E-state index contributed by atoms with van der Waals surface area (Å²) in [5, 5.41) is 0.928. The molecular weight excluding hydrogens is 392 g/mol. The highest BCUT2D eigenvalue weighted by atomic mass is 35.5. The van der Waals surface area contributed by atoms with E-state index >= 15 is 0 Å². The number of halogens is 1. The van der Waals surface area contributed by atoms with Crippen LogP contribution in [0.5, 0.6) is 5.75 Å². The van der Waals surface area contributed by atoms with Gasteiger partial charge in [0, 0.05) is 12.1 Å². The van der Waals surface area contributed by atoms with Gasteiger partial charge in [0.1, 0.15) is 23.3 Å². The van der Waals surface area contributed by atoms with Crippen molar-refractivity contribution in [2.75, 3.05) is 12.8 Å². The van der Waals surface area contributed by atoms with Crippen molar-refractivity contribution < 1.29 is 14.2 Å². The number of ether oxygens (including phenoxy) is 3. The van der Waals surface area contributed by atoms with Gasteiger partial charge in [-0.1, -0.05) is 12.1 Å². The van der Waals surface area contributed by atoms with Crippen LogP contribution >= 0.6 is 11.6 Å². The number of hydrogen-bond acceptors (Lipinski definition) is 6. The lowest BCUT2D eigenvalue weighted by molar-refractivity contribution is -0.157. The van der Waals surface area contributed by atoms with Crippen molar-refractivity contribution in [3.8, 4) is 5.75 Å². The molecule has 1 aromatic carbocycles. The zero-order valence-electron chi connectivity index (χ0n) is 16.5. The van der Waals surface area contributed by atoms with Crippen LogP contribution in [0.4, 0.5) is 5.82 Å². The fourth-order valence-electron chi connectivity index (χ4n) is 4.70. The standard InChI is InChI=1S/C21H23ClN4O3/c1-21(2)28-16-14(11-4-6-12(27-3)7-5-11)10-15(17(16)29-21)26-9-8-13-18(23)24-20(22)25-19(13)26/h4-9,14-17H,10H2,1-3H3,(H2,23,24,25)/t14-,15-,16-,17+/m1/s1. The maximum Gasteiger partial charge on any atom is 0.226 e. The number of hydrogen-bond donors (Lipinski definition) is 1. The van der Waals surface area contributed by atoms with Gasteiger partial charge in [0.05, 0.1) is 24.6 Å². The minimum atomic E-state index is -0.645. The zero-order chi connectivity index (χ0) is 20.3. The highest BCUT2D eigenvalue weighted by molar-refractivity contribution is 6.28. The number of rotatable bonds is 3. The van der Waals surface area contributed by atoms with E-state index in [-0.39, 0.29) is 29.5 Å². The molecule has 1 aliphatic heterocycles. The molecule has 4 atom stereocenters. The van der Waals surface area contributed by atoms with Crippen molar-refractivity contribution in [3.05, 3.63) is 47.4 Å². The molecule has 3 heterocycles. The summed E-state index contributed by atoms with van der Waals surface area (Å²) in [6, 6.07) is 10.1. The molecule has 1 saturated heterocycles. The molecule has 8 heteroatoms. The molecule has 0 amide bonds. The first kappa shape index (κ1) is 18.7. The lowest BCUT2D eigenvalue weighted by Gasteiger charge is -2.24. The molecule has 5 rings (SSSR count). The van der Waals surface area contributed by atoms with E-state index in [4.69, 9.17) is 31.5 Å². The first-order valence-corrected chi connectivity index (χ1v) is 10.0. The molecule has 0 bridgehead atoms. The van der Waals surface area contributed by atoms with Gasteiger partial charge in [-0.2, -0.15) is 4.98 Å². The van der Waals surface area contributed by atoms with Crippen molar-refractivity contribution in [1.82, 2.24) is 14.5 Å². The molecule has 2 N–H and O–H groups in total. The van der Waals surface area contributed by atoms with E-state index in [1.807, 2.05) is 38.2 Å². The van der Waals surface area contributed by atoms with Crippen LogP contribution in [0.25, 0.3) is 11.0 Å². The first-order chi connectivity index (χ1) is 13.9. The van der Waals surface area contributed by atoms with Crippen LogP contribution in [0.1, 0.15) is 37.8 Å². The molecule has 3 aromatic rings. The van der Waals surface area contributed by atoms with E-state index in [9.17, 15) is 0 Å². The Morgan fingerprint density at radius 3 is 2.59 bits per heavy atom. The summed E-state index contributed by atoms with van der Waals surface area (Å²) in [6.07, 6.45) is 2.67. The summed E-state index contributed by atoms with van der Waals surface area (Å²) >= 11 is 6.09. The topological polar surface area (TPSA) is 84.4 Å². The van der Waals surface area contributed by atoms with Crippen LogP contribution < -0.4 is 10.5 Å². The van der Waals surface area contributed by atoms with Gasteiger partial charge in [0.2, 0.25) is 5.28 Å². The van der Waals surface area contributed by atoms with Crippen molar-refractivity contribution in [2.24, 2.45) is 0 Å². The molecule has 0 radical (unpaired) electrons. The van der Waals surface area contributed by atoms with Crippen LogP contribution in [0, 0.1) is 0 Å². The monoisotopic (exact) mass is 414 g/mol. The molecular formula is C21H23ClN4O3. The summed E-state index contributed by atoms with van der Waals surface area (Å²) < 4.78 is 20.1. The highest BCUT2D eigenvalue weighted by Crippen LogP contribution is 2.51. The minimum Gasteiger partial charge on any atom is -0.497 e. The van der Waals surface area contributed by atoms with Crippen molar-refractivity contribution >= 4 is 28.5 Å². The lowest BCUT2D eigenvalue weighted by atomic mass is 9.95. The summed E-state index contributed by atoms with van der Waals surface area (Å²) in [7, 11) is 1.67.